The SMILES string of the molecule is CNC(=O)C(CCC(=O)NCC(=O)Oc1c(OC(C)=O)c2c(c3ccccc13)OC(C)(C)CC2)NC(C)=O. The number of hydrogen-bond donors (Lipinski definition) is 3. The number of hydrogen-bond acceptors (Lipinski definition) is 8. The summed E-state index contributed by atoms with van der Waals surface area (Å²) in [6, 6.07) is 6.28. The Morgan fingerprint density at radius 1 is 1.03 bits per heavy atom. The first kappa shape index (κ1) is 28.4. The van der Waals surface area contributed by atoms with Gasteiger partial charge in [0.05, 0.1) is 0 Å². The molecule has 0 fully saturated rings. The van der Waals surface area contributed by atoms with E-state index in [0.717, 1.165) is 0 Å². The van der Waals surface area contributed by atoms with E-state index in [1.807, 2.05) is 26.0 Å². The van der Waals surface area contributed by atoms with Crippen LogP contribution in [0.5, 0.6) is 17.2 Å². The molecule has 38 heavy (non-hydrogen) atoms. The van der Waals surface area contributed by atoms with E-state index in [2.05, 4.69) is 16.0 Å². The molecule has 1 heterocycles. The Hall–Kier alpha value is -4.15. The van der Waals surface area contributed by atoms with Crippen molar-refractivity contribution in [2.75, 3.05) is 13.6 Å². The van der Waals surface area contributed by atoms with Gasteiger partial charge in [-0.25, -0.2) is 4.79 Å². The molecule has 1 aliphatic rings. The topological polar surface area (TPSA) is 149 Å². The van der Waals surface area contributed by atoms with Crippen LogP contribution in [0.2, 0.25) is 0 Å². The fourth-order valence-corrected chi connectivity index (χ4v) is 4.23. The minimum absolute atomic E-state index is 0.0442. The summed E-state index contributed by atoms with van der Waals surface area (Å²) >= 11 is 0. The average molecular weight is 528 g/mol. The van der Waals surface area contributed by atoms with Gasteiger partial charge in [0.25, 0.3) is 0 Å². The molecule has 0 spiro atoms. The Balaban J connectivity index is 1.78. The van der Waals surface area contributed by atoms with Crippen molar-refractivity contribution in [2.45, 2.75) is 65.0 Å². The van der Waals surface area contributed by atoms with Crippen molar-refractivity contribution in [1.82, 2.24) is 16.0 Å². The van der Waals surface area contributed by atoms with Gasteiger partial charge in [0.15, 0.2) is 11.5 Å². The minimum atomic E-state index is -0.879. The smallest absolute Gasteiger partial charge is 0.330 e. The zero-order chi connectivity index (χ0) is 28.0. The number of nitrogens with one attached hydrogen (secondary N) is 3. The van der Waals surface area contributed by atoms with E-state index < -0.39 is 47.8 Å². The van der Waals surface area contributed by atoms with Gasteiger partial charge in [0, 0.05) is 43.7 Å². The summed E-state index contributed by atoms with van der Waals surface area (Å²) in [6.45, 7) is 6.01. The Bertz CT molecular complexity index is 1270. The molecule has 3 N–H and O–H groups in total. The molecule has 11 heteroatoms. The molecule has 0 saturated heterocycles. The quantitative estimate of drug-likeness (QED) is 0.331. The van der Waals surface area contributed by atoms with Crippen LogP contribution in [0.25, 0.3) is 10.8 Å². The fraction of sp³-hybridized carbons (Fsp3) is 0.444. The van der Waals surface area contributed by atoms with Crippen molar-refractivity contribution in [3.8, 4) is 17.2 Å². The highest BCUT2D eigenvalue weighted by Gasteiger charge is 2.34. The lowest BCUT2D eigenvalue weighted by atomic mass is 9.91. The van der Waals surface area contributed by atoms with Crippen LogP contribution in [0, 0.1) is 0 Å². The van der Waals surface area contributed by atoms with E-state index in [4.69, 9.17) is 14.2 Å². The van der Waals surface area contributed by atoms with E-state index in [1.165, 1.54) is 20.9 Å². The molecule has 11 nitrogen and oxygen atoms in total. The van der Waals surface area contributed by atoms with Gasteiger partial charge in [-0.1, -0.05) is 24.3 Å². The maximum absolute atomic E-state index is 12.8. The number of rotatable bonds is 9. The Kier molecular flexibility index (Phi) is 8.92. The number of carbonyl (C=O) groups excluding carboxylic acids is 5. The standard InChI is InChI=1S/C27H33N3O8/c1-15(31)30-20(26(35)28-5)10-11-21(33)29-14-22(34)37-24-18-9-7-6-8-17(18)23-19(25(24)36-16(2)32)12-13-27(3,4)38-23/h6-9,20H,10-14H2,1-5H3,(H,28,35)(H,29,33)(H,30,31). The second-order valence-corrected chi connectivity index (χ2v) is 9.62. The minimum Gasteiger partial charge on any atom is -0.487 e. The summed E-state index contributed by atoms with van der Waals surface area (Å²) in [5.74, 6) is -1.94. The highest BCUT2D eigenvalue weighted by Crippen LogP contribution is 2.50. The van der Waals surface area contributed by atoms with Gasteiger partial charge in [-0.3, -0.25) is 19.2 Å². The molecule has 0 aromatic heterocycles. The lowest BCUT2D eigenvalue weighted by molar-refractivity contribution is -0.136. The zero-order valence-corrected chi connectivity index (χ0v) is 22.2. The molecule has 0 radical (unpaired) electrons. The van der Waals surface area contributed by atoms with Crippen molar-refractivity contribution in [3.63, 3.8) is 0 Å². The number of fused-ring (bicyclic) bond motifs is 3. The van der Waals surface area contributed by atoms with Gasteiger partial charge in [-0.15, -0.1) is 0 Å². The predicted octanol–water partition coefficient (Wildman–Crippen LogP) is 1.92. The van der Waals surface area contributed by atoms with E-state index in [-0.39, 0.29) is 24.3 Å². The molecule has 1 atom stereocenters. The number of amides is 3. The van der Waals surface area contributed by atoms with Gasteiger partial charge < -0.3 is 30.2 Å². The van der Waals surface area contributed by atoms with E-state index in [9.17, 15) is 24.0 Å². The average Bonchev–Trinajstić information content (AvgIpc) is 2.85. The molecular formula is C27H33N3O8. The highest BCUT2D eigenvalue weighted by atomic mass is 16.6. The summed E-state index contributed by atoms with van der Waals surface area (Å²) < 4.78 is 17.4. The number of benzene rings is 2. The van der Waals surface area contributed by atoms with Crippen LogP contribution in [0.1, 0.15) is 52.5 Å². The third-order valence-corrected chi connectivity index (χ3v) is 6.02. The Labute approximate surface area is 220 Å². The van der Waals surface area contributed by atoms with Crippen LogP contribution in [0.3, 0.4) is 0 Å². The van der Waals surface area contributed by atoms with Crippen LogP contribution in [0.15, 0.2) is 24.3 Å². The van der Waals surface area contributed by atoms with E-state index in [0.29, 0.717) is 34.9 Å². The third-order valence-electron chi connectivity index (χ3n) is 6.02. The molecule has 0 bridgehead atoms. The maximum Gasteiger partial charge on any atom is 0.330 e. The predicted molar refractivity (Wildman–Crippen MR) is 138 cm³/mol. The number of ether oxygens (including phenoxy) is 3. The summed E-state index contributed by atoms with van der Waals surface area (Å²) in [7, 11) is 1.43. The molecular weight excluding hydrogens is 494 g/mol. The molecule has 3 rings (SSSR count). The molecule has 1 unspecified atom stereocenters. The van der Waals surface area contributed by atoms with Crippen LogP contribution in [0.4, 0.5) is 0 Å². The maximum atomic E-state index is 12.8. The lowest BCUT2D eigenvalue weighted by Gasteiger charge is -2.34. The third kappa shape index (κ3) is 6.99. The number of esters is 2. The van der Waals surface area contributed by atoms with E-state index >= 15 is 0 Å². The Morgan fingerprint density at radius 2 is 1.71 bits per heavy atom. The van der Waals surface area contributed by atoms with Crippen LogP contribution in [-0.4, -0.2) is 54.9 Å². The van der Waals surface area contributed by atoms with Crippen LogP contribution >= 0.6 is 0 Å². The van der Waals surface area contributed by atoms with Crippen LogP contribution in [-0.2, 0) is 30.4 Å². The van der Waals surface area contributed by atoms with Gasteiger partial charge in [0.2, 0.25) is 17.7 Å². The first-order valence-corrected chi connectivity index (χ1v) is 12.3. The summed E-state index contributed by atoms with van der Waals surface area (Å²) in [5, 5.41) is 8.59. The molecule has 0 saturated carbocycles. The van der Waals surface area contributed by atoms with Gasteiger partial charge in [-0.2, -0.15) is 0 Å². The monoisotopic (exact) mass is 527 g/mol. The molecule has 1 aliphatic heterocycles. The second kappa shape index (κ2) is 11.9. The van der Waals surface area contributed by atoms with Crippen molar-refractivity contribution in [1.29, 1.82) is 0 Å². The van der Waals surface area contributed by atoms with Crippen molar-refractivity contribution in [3.05, 3.63) is 29.8 Å². The second-order valence-electron chi connectivity index (χ2n) is 9.62. The number of carbonyl (C=O) groups is 5. The lowest BCUT2D eigenvalue weighted by Crippen LogP contribution is -2.45. The molecule has 0 aliphatic carbocycles. The van der Waals surface area contributed by atoms with Crippen molar-refractivity contribution in [2.24, 2.45) is 0 Å². The summed E-state index contributed by atoms with van der Waals surface area (Å²) in [4.78, 5) is 60.3. The molecule has 2 aromatic rings. The van der Waals surface area contributed by atoms with Gasteiger partial charge in [0.1, 0.15) is 23.9 Å². The number of likely N-dealkylation sites (N-methyl/N-ethyl adjacent to an activating group) is 1. The van der Waals surface area contributed by atoms with Crippen LogP contribution < -0.4 is 30.2 Å². The summed E-state index contributed by atoms with van der Waals surface area (Å²) in [6.07, 6.45) is 1.13. The molecule has 204 valence electrons. The first-order chi connectivity index (χ1) is 17.9. The van der Waals surface area contributed by atoms with Crippen molar-refractivity contribution >= 4 is 40.4 Å². The van der Waals surface area contributed by atoms with Gasteiger partial charge >= 0.3 is 11.9 Å². The Morgan fingerprint density at radius 3 is 2.34 bits per heavy atom. The van der Waals surface area contributed by atoms with Gasteiger partial charge in [-0.05, 0) is 33.1 Å². The molecule has 3 amide bonds. The normalized spacial score (nSPS) is 14.3. The van der Waals surface area contributed by atoms with E-state index in [1.54, 1.807) is 12.1 Å². The van der Waals surface area contributed by atoms with Crippen molar-refractivity contribution < 1.29 is 38.2 Å². The first-order valence-electron chi connectivity index (χ1n) is 12.3. The highest BCUT2D eigenvalue weighted by molar-refractivity contribution is 6.00. The summed E-state index contributed by atoms with van der Waals surface area (Å²) in [5.41, 5.74) is 0.200. The molecule has 2 aromatic carbocycles. The zero-order valence-electron chi connectivity index (χ0n) is 22.2. The fourth-order valence-electron chi connectivity index (χ4n) is 4.23. The largest absolute Gasteiger partial charge is 0.487 e.